The number of hydrogen-bond acceptors (Lipinski definition) is 10. The Morgan fingerprint density at radius 2 is 1.47 bits per heavy atom. The Kier molecular flexibility index (Phi) is 15.0. The van der Waals surface area contributed by atoms with Crippen LogP contribution in [0.15, 0.2) is 84.9 Å². The number of carbonyl (C=O) groups excluding carboxylic acids is 6. The molecule has 0 fully saturated rings. The van der Waals surface area contributed by atoms with Gasteiger partial charge >= 0.3 is 0 Å². The van der Waals surface area contributed by atoms with E-state index in [9.17, 15) is 44.1 Å². The van der Waals surface area contributed by atoms with Crippen molar-refractivity contribution in [2.75, 3.05) is 20.2 Å². The standard InChI is InChI=1S/C44H49ClN6O9/c1-24(38(55)23-52)47-42(58)35-21-26-7-17-36(53)32(20-26)33-22-30(14-18-37(33)54)39(43(59)48-25(2)40(56)50-35)51(3)44(60)34(6-4-5-19-46)49-41(57)29-10-8-27(9-11-29)28-12-15-31(45)16-13-28/h7-18,20,22,24-25,34-35,39,52-54H,4-6,19,21,23,46H2,1-3H3,(H,47,58)(H,48,59)(H,49,57)(H,50,56)/t24-,25-,34-,35?,39-/m0/s1. The van der Waals surface area contributed by atoms with Gasteiger partial charge in [0.2, 0.25) is 23.6 Å². The first-order chi connectivity index (χ1) is 28.6. The summed E-state index contributed by atoms with van der Waals surface area (Å²) in [5.74, 6) is -4.70. The number of likely N-dealkylation sites (N-methyl/N-ethyl adjacent to an activating group) is 1. The number of Topliss-reactive ketones (excluding diaryl/α,β-unsaturated/α-hetero) is 1. The number of halogens is 1. The number of phenolic OH excluding ortho intramolecular Hbond substituents is 2. The van der Waals surface area contributed by atoms with Crippen LogP contribution in [0, 0.1) is 0 Å². The SMILES string of the molecule is C[C@H](NC(=O)C1Cc2ccc(O)c(c2)-c2cc(ccc2O)[C@H](N(C)C(=O)[C@H](CCCCN)NC(=O)c2ccc(-c3ccc(Cl)cc3)cc2)C(=O)N[C@@H](C)C(=O)N1)C(=O)CO. The quantitative estimate of drug-likeness (QED) is 0.0916. The number of aliphatic hydroxyl groups is 1. The van der Waals surface area contributed by atoms with Crippen LogP contribution in [-0.4, -0.2) is 99.9 Å². The van der Waals surface area contributed by atoms with Gasteiger partial charge in [-0.25, -0.2) is 0 Å². The summed E-state index contributed by atoms with van der Waals surface area (Å²) >= 11 is 6.04. The molecule has 60 heavy (non-hydrogen) atoms. The first kappa shape index (κ1) is 44.8. The third-order valence-corrected chi connectivity index (χ3v) is 10.6. The minimum atomic E-state index is -1.45. The molecule has 5 rings (SSSR count). The molecule has 1 unspecified atom stereocenters. The Hall–Kier alpha value is -6.29. The average Bonchev–Trinajstić information content (AvgIpc) is 3.23. The molecule has 0 spiro atoms. The van der Waals surface area contributed by atoms with E-state index < -0.39 is 72.1 Å². The predicted octanol–water partition coefficient (Wildman–Crippen LogP) is 3.12. The van der Waals surface area contributed by atoms with E-state index in [4.69, 9.17) is 17.3 Å². The second-order valence-electron chi connectivity index (χ2n) is 14.7. The van der Waals surface area contributed by atoms with Crippen molar-refractivity contribution in [1.29, 1.82) is 0 Å². The fourth-order valence-electron chi connectivity index (χ4n) is 6.87. The predicted molar refractivity (Wildman–Crippen MR) is 225 cm³/mol. The van der Waals surface area contributed by atoms with Gasteiger partial charge in [0.15, 0.2) is 5.78 Å². The molecule has 0 saturated carbocycles. The topological polar surface area (TPSA) is 240 Å². The fourth-order valence-corrected chi connectivity index (χ4v) is 6.99. The zero-order chi connectivity index (χ0) is 43.7. The lowest BCUT2D eigenvalue weighted by Gasteiger charge is -2.32. The number of benzene rings is 4. The van der Waals surface area contributed by atoms with E-state index in [1.54, 1.807) is 36.4 Å². The second-order valence-corrected chi connectivity index (χ2v) is 15.2. The van der Waals surface area contributed by atoms with Crippen molar-refractivity contribution >= 4 is 46.9 Å². The second kappa shape index (κ2) is 20.1. The molecule has 0 radical (unpaired) electrons. The molecular formula is C44H49ClN6O9. The Morgan fingerprint density at radius 3 is 2.10 bits per heavy atom. The molecular weight excluding hydrogens is 792 g/mol. The van der Waals surface area contributed by atoms with Crippen molar-refractivity contribution in [1.82, 2.24) is 26.2 Å². The van der Waals surface area contributed by atoms with Crippen LogP contribution in [0.3, 0.4) is 0 Å². The molecule has 5 atom stereocenters. The number of hydrogen-bond donors (Lipinski definition) is 8. The average molecular weight is 841 g/mol. The summed E-state index contributed by atoms with van der Waals surface area (Å²) in [5.41, 5.74) is 8.65. The van der Waals surface area contributed by atoms with Crippen LogP contribution in [0.4, 0.5) is 0 Å². The van der Waals surface area contributed by atoms with Crippen LogP contribution in [-0.2, 0) is 30.4 Å². The summed E-state index contributed by atoms with van der Waals surface area (Å²) in [6, 6.07) is 16.4. The number of nitrogens with two attached hydrogens (primary N) is 1. The van der Waals surface area contributed by atoms with Gasteiger partial charge in [-0.3, -0.25) is 28.8 Å². The van der Waals surface area contributed by atoms with Crippen LogP contribution in [0.2, 0.25) is 5.02 Å². The van der Waals surface area contributed by atoms with Crippen LogP contribution >= 0.6 is 11.6 Å². The lowest BCUT2D eigenvalue weighted by molar-refractivity contribution is -0.141. The Morgan fingerprint density at radius 1 is 0.850 bits per heavy atom. The third kappa shape index (κ3) is 10.8. The van der Waals surface area contributed by atoms with E-state index in [1.807, 2.05) is 12.1 Å². The summed E-state index contributed by atoms with van der Waals surface area (Å²) < 4.78 is 0. The highest BCUT2D eigenvalue weighted by Crippen LogP contribution is 2.39. The largest absolute Gasteiger partial charge is 0.507 e. The van der Waals surface area contributed by atoms with Gasteiger partial charge in [0.1, 0.15) is 42.3 Å². The maximum Gasteiger partial charge on any atom is 0.251 e. The van der Waals surface area contributed by atoms with Gasteiger partial charge in [-0.1, -0.05) is 48.0 Å². The summed E-state index contributed by atoms with van der Waals surface area (Å²) in [5, 5.41) is 42.5. The number of aliphatic hydroxyl groups excluding tert-OH is 1. The molecule has 4 bridgehead atoms. The smallest absolute Gasteiger partial charge is 0.251 e. The molecule has 4 aromatic carbocycles. The van der Waals surface area contributed by atoms with Gasteiger partial charge < -0.3 is 47.2 Å². The van der Waals surface area contributed by atoms with Crippen molar-refractivity contribution in [2.45, 2.75) is 69.7 Å². The van der Waals surface area contributed by atoms with Crippen molar-refractivity contribution < 1.29 is 44.1 Å². The van der Waals surface area contributed by atoms with Crippen LogP contribution in [0.25, 0.3) is 22.3 Å². The van der Waals surface area contributed by atoms with Gasteiger partial charge in [0.05, 0.1) is 6.04 Å². The van der Waals surface area contributed by atoms with Crippen LogP contribution in [0.5, 0.6) is 11.5 Å². The zero-order valence-corrected chi connectivity index (χ0v) is 34.2. The maximum absolute atomic E-state index is 14.5. The molecule has 1 heterocycles. The van der Waals surface area contributed by atoms with Crippen molar-refractivity contribution in [3.63, 3.8) is 0 Å². The molecule has 0 aliphatic carbocycles. The highest BCUT2D eigenvalue weighted by atomic mass is 35.5. The number of nitrogens with zero attached hydrogens (tertiary/aromatic N) is 1. The first-order valence-corrected chi connectivity index (χ1v) is 19.8. The minimum absolute atomic E-state index is 0.0951. The summed E-state index contributed by atoms with van der Waals surface area (Å²) in [4.78, 5) is 82.8. The summed E-state index contributed by atoms with van der Waals surface area (Å²) in [7, 11) is 1.38. The van der Waals surface area contributed by atoms with E-state index in [0.717, 1.165) is 16.0 Å². The minimum Gasteiger partial charge on any atom is -0.507 e. The molecule has 9 N–H and O–H groups in total. The number of nitrogens with one attached hydrogen (secondary N) is 4. The number of rotatable bonds is 13. The Labute approximate surface area is 352 Å². The van der Waals surface area contributed by atoms with Gasteiger partial charge in [-0.05, 0) is 110 Å². The van der Waals surface area contributed by atoms with Gasteiger partial charge in [-0.15, -0.1) is 0 Å². The molecule has 16 heteroatoms. The normalized spacial score (nSPS) is 17.5. The number of carbonyl (C=O) groups is 6. The molecule has 5 amide bonds. The van der Waals surface area contributed by atoms with E-state index in [1.165, 1.54) is 57.3 Å². The number of phenols is 2. The van der Waals surface area contributed by atoms with Crippen molar-refractivity contribution in [3.05, 3.63) is 107 Å². The van der Waals surface area contributed by atoms with Crippen LogP contribution in [0.1, 0.15) is 60.6 Å². The molecule has 15 nitrogen and oxygen atoms in total. The third-order valence-electron chi connectivity index (χ3n) is 10.4. The molecule has 316 valence electrons. The van der Waals surface area contributed by atoms with Crippen LogP contribution < -0.4 is 27.0 Å². The molecule has 4 aromatic rings. The van der Waals surface area contributed by atoms with Gasteiger partial charge in [-0.2, -0.15) is 0 Å². The lowest BCUT2D eigenvalue weighted by atomic mass is 9.93. The molecule has 1 aliphatic heterocycles. The fraction of sp³-hybridized carbons (Fsp3) is 0.318. The number of amides is 5. The maximum atomic E-state index is 14.5. The molecule has 1 aliphatic rings. The van der Waals surface area contributed by atoms with E-state index in [-0.39, 0.29) is 46.6 Å². The Balaban J connectivity index is 1.49. The highest BCUT2D eigenvalue weighted by Gasteiger charge is 2.36. The molecule has 0 saturated heterocycles. The van der Waals surface area contributed by atoms with E-state index in [2.05, 4.69) is 21.3 Å². The van der Waals surface area contributed by atoms with Gasteiger partial charge in [0.25, 0.3) is 5.91 Å². The van der Waals surface area contributed by atoms with E-state index >= 15 is 0 Å². The molecule has 0 aromatic heterocycles. The number of ketones is 1. The number of aromatic hydroxyl groups is 2. The van der Waals surface area contributed by atoms with E-state index in [0.29, 0.717) is 30.0 Å². The summed E-state index contributed by atoms with van der Waals surface area (Å²) in [6.45, 7) is 2.30. The van der Waals surface area contributed by atoms with Crippen molar-refractivity contribution in [2.24, 2.45) is 5.73 Å². The van der Waals surface area contributed by atoms with Crippen molar-refractivity contribution in [3.8, 4) is 33.8 Å². The van der Waals surface area contributed by atoms with Gasteiger partial charge in [0, 0.05) is 35.2 Å². The first-order valence-electron chi connectivity index (χ1n) is 19.4. The number of unbranched alkanes of at least 4 members (excludes halogenated alkanes) is 1. The monoisotopic (exact) mass is 840 g/mol. The lowest BCUT2D eigenvalue weighted by Crippen LogP contribution is -2.57. The number of fused-ring (bicyclic) bond motifs is 5. The highest BCUT2D eigenvalue weighted by molar-refractivity contribution is 6.30. The zero-order valence-electron chi connectivity index (χ0n) is 33.4. The summed E-state index contributed by atoms with van der Waals surface area (Å²) in [6.07, 6.45) is 1.06. The Bertz CT molecular complexity index is 2230.